The number of rotatable bonds is 9. The van der Waals surface area contributed by atoms with E-state index >= 15 is 0 Å². The van der Waals surface area contributed by atoms with Gasteiger partial charge in [-0.15, -0.1) is 0 Å². The molecule has 0 aliphatic heterocycles. The van der Waals surface area contributed by atoms with Crippen LogP contribution in [0.4, 0.5) is 0 Å². The van der Waals surface area contributed by atoms with E-state index in [4.69, 9.17) is 14.2 Å². The summed E-state index contributed by atoms with van der Waals surface area (Å²) in [5.74, 6) is -0.438. The van der Waals surface area contributed by atoms with Crippen molar-refractivity contribution in [3.8, 4) is 11.1 Å². The van der Waals surface area contributed by atoms with Gasteiger partial charge in [0.05, 0.1) is 23.7 Å². The molecule has 2 rings (SSSR count). The molecule has 0 fully saturated rings. The lowest BCUT2D eigenvalue weighted by molar-refractivity contribution is 0.0526. The van der Waals surface area contributed by atoms with E-state index in [1.54, 1.807) is 49.4 Å². The molecule has 7 nitrogen and oxygen atoms in total. The summed E-state index contributed by atoms with van der Waals surface area (Å²) in [6, 6.07) is 11.7. The van der Waals surface area contributed by atoms with Gasteiger partial charge < -0.3 is 14.2 Å². The van der Waals surface area contributed by atoms with Crippen molar-refractivity contribution in [2.24, 2.45) is 0 Å². The Hall–Kier alpha value is -2.26. The van der Waals surface area contributed by atoms with Crippen molar-refractivity contribution < 1.29 is 27.4 Å². The zero-order chi connectivity index (χ0) is 20.7. The molecule has 8 heteroatoms. The zero-order valence-electron chi connectivity index (χ0n) is 16.5. The first-order chi connectivity index (χ1) is 13.4. The van der Waals surface area contributed by atoms with Crippen LogP contribution in [0.1, 0.15) is 22.8 Å². The van der Waals surface area contributed by atoms with E-state index in [1.807, 2.05) is 0 Å². The van der Waals surface area contributed by atoms with Crippen LogP contribution in [0.15, 0.2) is 47.4 Å². The molecule has 152 valence electrons. The molecule has 0 N–H and O–H groups in total. The largest absolute Gasteiger partial charge is 0.462 e. The van der Waals surface area contributed by atoms with E-state index in [0.717, 1.165) is 4.31 Å². The average Bonchev–Trinajstić information content (AvgIpc) is 2.68. The van der Waals surface area contributed by atoms with E-state index in [1.165, 1.54) is 21.3 Å². The zero-order valence-corrected chi connectivity index (χ0v) is 17.3. The Morgan fingerprint density at radius 3 is 2.39 bits per heavy atom. The van der Waals surface area contributed by atoms with Gasteiger partial charge in [0.25, 0.3) is 0 Å². The van der Waals surface area contributed by atoms with Crippen molar-refractivity contribution >= 4 is 16.0 Å². The molecular formula is C20H25NO6S. The predicted octanol–water partition coefficient (Wildman–Crippen LogP) is 2.90. The highest BCUT2D eigenvalue weighted by Crippen LogP contribution is 2.32. The number of hydrogen-bond acceptors (Lipinski definition) is 6. The summed E-state index contributed by atoms with van der Waals surface area (Å²) < 4.78 is 42.4. The van der Waals surface area contributed by atoms with Crippen molar-refractivity contribution in [2.75, 3.05) is 34.6 Å². The number of nitrogens with zero attached hydrogens (tertiary/aromatic N) is 1. The monoisotopic (exact) mass is 407 g/mol. The van der Waals surface area contributed by atoms with Crippen molar-refractivity contribution in [1.82, 2.24) is 4.31 Å². The fraction of sp³-hybridized carbons (Fsp3) is 0.350. The van der Waals surface area contributed by atoms with Crippen LogP contribution in [0.2, 0.25) is 0 Å². The van der Waals surface area contributed by atoms with Crippen molar-refractivity contribution in [1.29, 1.82) is 0 Å². The first kappa shape index (κ1) is 22.0. The Kier molecular flexibility index (Phi) is 7.70. The Bertz CT molecular complexity index is 926. The van der Waals surface area contributed by atoms with Crippen LogP contribution in [0.5, 0.6) is 0 Å². The minimum Gasteiger partial charge on any atom is -0.462 e. The van der Waals surface area contributed by atoms with Gasteiger partial charge in [-0.1, -0.05) is 24.3 Å². The van der Waals surface area contributed by atoms with Gasteiger partial charge in [0.1, 0.15) is 6.73 Å². The molecule has 0 spiro atoms. The molecule has 0 aliphatic rings. The summed E-state index contributed by atoms with van der Waals surface area (Å²) in [4.78, 5) is 12.2. The third-order valence-corrected chi connectivity index (χ3v) is 5.93. The molecule has 0 saturated carbocycles. The molecular weight excluding hydrogens is 382 g/mol. The Morgan fingerprint density at radius 1 is 1.04 bits per heavy atom. The average molecular weight is 407 g/mol. The maximum absolute atomic E-state index is 13.0. The highest BCUT2D eigenvalue weighted by atomic mass is 32.2. The second-order valence-electron chi connectivity index (χ2n) is 6.04. The molecule has 2 aromatic rings. The van der Waals surface area contributed by atoms with Crippen molar-refractivity contribution in [2.45, 2.75) is 18.4 Å². The number of carbonyl (C=O) groups is 1. The lowest BCUT2D eigenvalue weighted by Gasteiger charge is -2.20. The second-order valence-corrected chi connectivity index (χ2v) is 8.06. The summed E-state index contributed by atoms with van der Waals surface area (Å²) >= 11 is 0. The molecule has 0 radical (unpaired) electrons. The Morgan fingerprint density at radius 2 is 1.75 bits per heavy atom. The van der Waals surface area contributed by atoms with Crippen LogP contribution in [0.25, 0.3) is 11.1 Å². The fourth-order valence-corrected chi connectivity index (χ4v) is 4.09. The number of sulfonamides is 1. The number of benzene rings is 2. The smallest absolute Gasteiger partial charge is 0.338 e. The first-order valence-electron chi connectivity index (χ1n) is 8.70. The maximum Gasteiger partial charge on any atom is 0.338 e. The summed E-state index contributed by atoms with van der Waals surface area (Å²) in [6.07, 6.45) is 0. The minimum absolute atomic E-state index is 0.0661. The summed E-state index contributed by atoms with van der Waals surface area (Å²) in [7, 11) is 0.654. The quantitative estimate of drug-likeness (QED) is 0.470. The highest BCUT2D eigenvalue weighted by Gasteiger charge is 2.25. The lowest BCUT2D eigenvalue weighted by atomic mass is 9.97. The maximum atomic E-state index is 13.0. The highest BCUT2D eigenvalue weighted by molar-refractivity contribution is 7.89. The lowest BCUT2D eigenvalue weighted by Crippen LogP contribution is -2.29. The van der Waals surface area contributed by atoms with Crippen LogP contribution >= 0.6 is 0 Å². The molecule has 0 amide bonds. The predicted molar refractivity (Wildman–Crippen MR) is 105 cm³/mol. The third-order valence-electron chi connectivity index (χ3n) is 4.09. The van der Waals surface area contributed by atoms with E-state index in [-0.39, 0.29) is 24.8 Å². The third kappa shape index (κ3) is 4.77. The van der Waals surface area contributed by atoms with Gasteiger partial charge in [0.15, 0.2) is 0 Å². The topological polar surface area (TPSA) is 82.1 Å². The van der Waals surface area contributed by atoms with Crippen LogP contribution in [0.3, 0.4) is 0 Å². The molecule has 28 heavy (non-hydrogen) atoms. The molecule has 0 saturated heterocycles. The summed E-state index contributed by atoms with van der Waals surface area (Å²) in [5, 5.41) is 0. The fourth-order valence-electron chi connectivity index (χ4n) is 2.81. The van der Waals surface area contributed by atoms with Gasteiger partial charge in [-0.2, -0.15) is 4.31 Å². The molecule has 2 aromatic carbocycles. The van der Waals surface area contributed by atoms with Gasteiger partial charge in [0, 0.05) is 26.8 Å². The number of ether oxygens (including phenoxy) is 3. The number of methoxy groups -OCH3 is 2. The van der Waals surface area contributed by atoms with Gasteiger partial charge >= 0.3 is 5.97 Å². The van der Waals surface area contributed by atoms with Gasteiger partial charge in [-0.3, -0.25) is 0 Å². The van der Waals surface area contributed by atoms with E-state index in [0.29, 0.717) is 22.3 Å². The standard InChI is InChI=1S/C20H25NO6S/c1-5-27-20(22)15-10-11-17(16(12-15)13-25-3)18-8-6-7-9-19(18)28(23,24)21(2)14-26-4/h6-12H,5,13-14H2,1-4H3. The van der Waals surface area contributed by atoms with Crippen LogP contribution in [0, 0.1) is 0 Å². The normalized spacial score (nSPS) is 11.6. The number of esters is 1. The SMILES string of the molecule is CCOC(=O)c1ccc(-c2ccccc2S(=O)(=O)N(C)COC)c(COC)c1. The molecule has 0 heterocycles. The van der Waals surface area contributed by atoms with Gasteiger partial charge in [0.2, 0.25) is 10.0 Å². The summed E-state index contributed by atoms with van der Waals surface area (Å²) in [6.45, 7) is 2.15. The van der Waals surface area contributed by atoms with E-state index in [9.17, 15) is 13.2 Å². The Balaban J connectivity index is 2.61. The molecule has 0 aromatic heterocycles. The van der Waals surface area contributed by atoms with Crippen molar-refractivity contribution in [3.05, 3.63) is 53.6 Å². The summed E-state index contributed by atoms with van der Waals surface area (Å²) in [5.41, 5.74) is 2.26. The second kappa shape index (κ2) is 9.79. The number of carbonyl (C=O) groups excluding carboxylic acids is 1. The minimum atomic E-state index is -3.77. The molecule has 0 atom stereocenters. The van der Waals surface area contributed by atoms with Crippen molar-refractivity contribution in [3.63, 3.8) is 0 Å². The van der Waals surface area contributed by atoms with Crippen LogP contribution in [-0.2, 0) is 30.8 Å². The molecule has 0 aliphatic carbocycles. The first-order valence-corrected chi connectivity index (χ1v) is 10.1. The Labute approximate surface area is 165 Å². The van der Waals surface area contributed by atoms with Crippen LogP contribution in [-0.4, -0.2) is 53.3 Å². The number of hydrogen-bond donors (Lipinski definition) is 0. The van der Waals surface area contributed by atoms with E-state index in [2.05, 4.69) is 0 Å². The van der Waals surface area contributed by atoms with Gasteiger partial charge in [-0.05, 0) is 36.2 Å². The van der Waals surface area contributed by atoms with Gasteiger partial charge in [-0.25, -0.2) is 13.2 Å². The molecule has 0 bridgehead atoms. The van der Waals surface area contributed by atoms with Crippen LogP contribution < -0.4 is 0 Å². The van der Waals surface area contributed by atoms with E-state index < -0.39 is 16.0 Å². The molecule has 0 unspecified atom stereocenters.